The van der Waals surface area contributed by atoms with E-state index in [1.54, 1.807) is 24.5 Å². The molecule has 29 heavy (non-hydrogen) atoms. The number of rotatable bonds is 8. The standard InChI is InChI=1S/C22H21N3O3S/c1-27-18-6-2-5-17(13-18)14-24-10-9-23-21(24)16-25(15-19-7-3-11-28-19)22(26)20-8-4-12-29-20/h2-13H,14-16H2,1H3. The third-order valence-corrected chi connectivity index (χ3v) is 5.42. The molecule has 4 aromatic rings. The van der Waals surface area contributed by atoms with Gasteiger partial charge in [0.1, 0.15) is 17.3 Å². The highest BCUT2D eigenvalue weighted by Crippen LogP contribution is 2.19. The van der Waals surface area contributed by atoms with Crippen LogP contribution in [0.25, 0.3) is 0 Å². The van der Waals surface area contributed by atoms with E-state index in [4.69, 9.17) is 9.15 Å². The summed E-state index contributed by atoms with van der Waals surface area (Å²) in [6.45, 7) is 1.42. The van der Waals surface area contributed by atoms with Crippen molar-refractivity contribution in [2.45, 2.75) is 19.6 Å². The van der Waals surface area contributed by atoms with Gasteiger partial charge in [0.25, 0.3) is 5.91 Å². The van der Waals surface area contributed by atoms with Gasteiger partial charge in [-0.2, -0.15) is 0 Å². The molecule has 1 amide bonds. The normalized spacial score (nSPS) is 10.8. The second kappa shape index (κ2) is 8.79. The number of thiophene rings is 1. The van der Waals surface area contributed by atoms with E-state index in [9.17, 15) is 4.79 Å². The largest absolute Gasteiger partial charge is 0.497 e. The van der Waals surface area contributed by atoms with Gasteiger partial charge in [-0.3, -0.25) is 4.79 Å². The zero-order valence-electron chi connectivity index (χ0n) is 16.0. The molecule has 0 atom stereocenters. The fourth-order valence-electron chi connectivity index (χ4n) is 3.12. The number of hydrogen-bond donors (Lipinski definition) is 0. The number of nitrogens with zero attached hydrogens (tertiary/aromatic N) is 3. The van der Waals surface area contributed by atoms with Crippen molar-refractivity contribution in [1.82, 2.24) is 14.5 Å². The van der Waals surface area contributed by atoms with Gasteiger partial charge in [-0.15, -0.1) is 11.3 Å². The number of ether oxygens (including phenoxy) is 1. The summed E-state index contributed by atoms with van der Waals surface area (Å²) >= 11 is 1.43. The van der Waals surface area contributed by atoms with E-state index < -0.39 is 0 Å². The minimum absolute atomic E-state index is 0.0349. The Bertz CT molecular complexity index is 1050. The maximum atomic E-state index is 13.1. The third-order valence-electron chi connectivity index (χ3n) is 4.57. The number of carbonyl (C=O) groups is 1. The van der Waals surface area contributed by atoms with E-state index in [2.05, 4.69) is 4.98 Å². The SMILES string of the molecule is COc1cccc(Cn2ccnc2CN(Cc2ccco2)C(=O)c2cccs2)c1. The first-order valence-electron chi connectivity index (χ1n) is 9.21. The van der Waals surface area contributed by atoms with Crippen molar-refractivity contribution in [3.05, 3.63) is 94.6 Å². The first-order chi connectivity index (χ1) is 14.2. The molecule has 7 heteroatoms. The summed E-state index contributed by atoms with van der Waals surface area (Å²) in [6.07, 6.45) is 5.30. The topological polar surface area (TPSA) is 60.5 Å². The van der Waals surface area contributed by atoms with Crippen molar-refractivity contribution < 1.29 is 13.9 Å². The highest BCUT2D eigenvalue weighted by Gasteiger charge is 2.20. The molecule has 0 fully saturated rings. The molecule has 0 N–H and O–H groups in total. The van der Waals surface area contributed by atoms with E-state index in [-0.39, 0.29) is 5.91 Å². The van der Waals surface area contributed by atoms with E-state index in [0.29, 0.717) is 24.5 Å². The van der Waals surface area contributed by atoms with Crippen LogP contribution < -0.4 is 4.74 Å². The van der Waals surface area contributed by atoms with Gasteiger partial charge in [0.15, 0.2) is 0 Å². The predicted molar refractivity (Wildman–Crippen MR) is 111 cm³/mol. The molecule has 3 aromatic heterocycles. The lowest BCUT2D eigenvalue weighted by Crippen LogP contribution is -2.30. The zero-order chi connectivity index (χ0) is 20.1. The van der Waals surface area contributed by atoms with E-state index >= 15 is 0 Å². The third kappa shape index (κ3) is 4.57. The molecule has 1 aromatic carbocycles. The first kappa shape index (κ1) is 19.0. The fraction of sp³-hybridized carbons (Fsp3) is 0.182. The number of benzene rings is 1. The number of aromatic nitrogens is 2. The van der Waals surface area contributed by atoms with Crippen molar-refractivity contribution in [3.8, 4) is 5.75 Å². The van der Waals surface area contributed by atoms with Crippen LogP contribution in [0.3, 0.4) is 0 Å². The Hall–Kier alpha value is -3.32. The molecule has 0 saturated carbocycles. The Kier molecular flexibility index (Phi) is 5.76. The van der Waals surface area contributed by atoms with Crippen LogP contribution in [-0.4, -0.2) is 27.5 Å². The number of imidazole rings is 1. The molecule has 0 saturated heterocycles. The van der Waals surface area contributed by atoms with Gasteiger partial charge in [-0.05, 0) is 41.3 Å². The van der Waals surface area contributed by atoms with Crippen molar-refractivity contribution in [2.24, 2.45) is 0 Å². The highest BCUT2D eigenvalue weighted by molar-refractivity contribution is 7.12. The van der Waals surface area contributed by atoms with Crippen molar-refractivity contribution in [1.29, 1.82) is 0 Å². The summed E-state index contributed by atoms with van der Waals surface area (Å²) in [6, 6.07) is 15.4. The Balaban J connectivity index is 1.56. The van der Waals surface area contributed by atoms with Gasteiger partial charge < -0.3 is 18.6 Å². The molecule has 0 aliphatic carbocycles. The van der Waals surface area contributed by atoms with Gasteiger partial charge in [-0.25, -0.2) is 4.98 Å². The first-order valence-corrected chi connectivity index (χ1v) is 10.1. The summed E-state index contributed by atoms with van der Waals surface area (Å²) < 4.78 is 12.8. The molecular formula is C22H21N3O3S. The van der Waals surface area contributed by atoms with E-state index in [1.165, 1.54) is 11.3 Å². The van der Waals surface area contributed by atoms with Gasteiger partial charge in [-0.1, -0.05) is 18.2 Å². The molecule has 0 unspecified atom stereocenters. The van der Waals surface area contributed by atoms with Crippen LogP contribution in [0.15, 0.2) is 77.0 Å². The Morgan fingerprint density at radius 3 is 2.90 bits per heavy atom. The van der Waals surface area contributed by atoms with Gasteiger partial charge in [0, 0.05) is 18.9 Å². The summed E-state index contributed by atoms with van der Waals surface area (Å²) in [5, 5.41) is 1.90. The molecule has 6 nitrogen and oxygen atoms in total. The molecule has 0 radical (unpaired) electrons. The van der Waals surface area contributed by atoms with Crippen molar-refractivity contribution in [3.63, 3.8) is 0 Å². The Morgan fingerprint density at radius 1 is 1.21 bits per heavy atom. The molecule has 0 spiro atoms. The maximum absolute atomic E-state index is 13.1. The summed E-state index contributed by atoms with van der Waals surface area (Å²) in [7, 11) is 1.66. The number of amides is 1. The molecule has 148 valence electrons. The lowest BCUT2D eigenvalue weighted by Gasteiger charge is -2.21. The average Bonchev–Trinajstić information content (AvgIpc) is 3.51. The number of methoxy groups -OCH3 is 1. The van der Waals surface area contributed by atoms with Crippen LogP contribution in [0.5, 0.6) is 5.75 Å². The van der Waals surface area contributed by atoms with Crippen molar-refractivity contribution in [2.75, 3.05) is 7.11 Å². The second-order valence-corrected chi connectivity index (χ2v) is 7.49. The van der Waals surface area contributed by atoms with E-state index in [1.807, 2.05) is 64.7 Å². The minimum atomic E-state index is -0.0349. The smallest absolute Gasteiger partial charge is 0.264 e. The number of hydrogen-bond acceptors (Lipinski definition) is 5. The molecule has 4 rings (SSSR count). The van der Waals surface area contributed by atoms with Crippen LogP contribution in [-0.2, 0) is 19.6 Å². The molecule has 0 aliphatic heterocycles. The van der Waals surface area contributed by atoms with E-state index in [0.717, 1.165) is 22.9 Å². The quantitative estimate of drug-likeness (QED) is 0.433. The lowest BCUT2D eigenvalue weighted by atomic mass is 10.2. The predicted octanol–water partition coefficient (Wildman–Crippen LogP) is 4.44. The van der Waals surface area contributed by atoms with Gasteiger partial charge >= 0.3 is 0 Å². The summed E-state index contributed by atoms with van der Waals surface area (Å²) in [5.41, 5.74) is 1.10. The van der Waals surface area contributed by atoms with Crippen LogP contribution in [0, 0.1) is 0 Å². The molecular weight excluding hydrogens is 386 g/mol. The highest BCUT2D eigenvalue weighted by atomic mass is 32.1. The van der Waals surface area contributed by atoms with Gasteiger partial charge in [0.05, 0.1) is 31.3 Å². The summed E-state index contributed by atoms with van der Waals surface area (Å²) in [5.74, 6) is 2.33. The number of carbonyl (C=O) groups excluding carboxylic acids is 1. The maximum Gasteiger partial charge on any atom is 0.264 e. The lowest BCUT2D eigenvalue weighted by molar-refractivity contribution is 0.0716. The van der Waals surface area contributed by atoms with Crippen LogP contribution in [0.4, 0.5) is 0 Å². The van der Waals surface area contributed by atoms with Crippen LogP contribution in [0.2, 0.25) is 0 Å². The van der Waals surface area contributed by atoms with Crippen LogP contribution >= 0.6 is 11.3 Å². The monoisotopic (exact) mass is 407 g/mol. The van der Waals surface area contributed by atoms with Gasteiger partial charge in [0.2, 0.25) is 0 Å². The second-order valence-electron chi connectivity index (χ2n) is 6.54. The zero-order valence-corrected chi connectivity index (χ0v) is 16.8. The molecule has 0 aliphatic rings. The van der Waals surface area contributed by atoms with Crippen molar-refractivity contribution >= 4 is 17.2 Å². The van der Waals surface area contributed by atoms with Crippen LogP contribution in [0.1, 0.15) is 26.8 Å². The fourth-order valence-corrected chi connectivity index (χ4v) is 3.81. The summed E-state index contributed by atoms with van der Waals surface area (Å²) in [4.78, 5) is 20.0. The molecule has 3 heterocycles. The minimum Gasteiger partial charge on any atom is -0.497 e. The average molecular weight is 407 g/mol. The Morgan fingerprint density at radius 2 is 2.14 bits per heavy atom. The number of furan rings is 1. The Labute approximate surface area is 173 Å². The molecule has 0 bridgehead atoms.